The SMILES string of the molecule is C=CP(C=C)c1ccccc1.c1ccc(CP(CCP(CCP(Cc2ccccc2)c2ccccc2)c2ccccc2)c2ccccc2)cc1.c1ccc(CPc2ccccc2)cc1. The summed E-state index contributed by atoms with van der Waals surface area (Å²) in [4.78, 5) is 0. The molecule has 8 aromatic rings. The number of hydrogen-bond acceptors (Lipinski definition) is 0. The fraction of sp³-hybridized carbons (Fsp3) is 0.119. The molecule has 64 heavy (non-hydrogen) atoms. The molecule has 8 rings (SSSR count). The molecule has 0 heterocycles. The largest absolute Gasteiger partial charge is 0.0980 e. The zero-order valence-corrected chi connectivity index (χ0v) is 41.5. The standard InChI is InChI=1S/C36H37P3.C13H13P.C10H11P/c1-6-16-32(17-7-1)30-38(35-22-12-4-13-23-35)28-26-37(34-20-10-3-11-21-34)27-29-39(36-24-14-5-15-25-36)31-33-18-8-2-9-19-33;1-3-7-12(8-4-1)11-14-13-9-5-2-6-10-13;1-3-11(4-2)10-8-6-5-7-9-10/h1-25H,26-31H2;1-10,14H,11H2;3-9H,1-2H2. The second-order valence-electron chi connectivity index (χ2n) is 15.1. The van der Waals surface area contributed by atoms with Crippen molar-refractivity contribution in [2.45, 2.75) is 18.5 Å². The molecule has 0 bridgehead atoms. The van der Waals surface area contributed by atoms with Crippen LogP contribution in [0.3, 0.4) is 0 Å². The van der Waals surface area contributed by atoms with E-state index in [9.17, 15) is 0 Å². The van der Waals surface area contributed by atoms with Crippen LogP contribution in [-0.4, -0.2) is 24.6 Å². The molecule has 5 heteroatoms. The zero-order valence-electron chi connectivity index (χ0n) is 36.9. The maximum atomic E-state index is 3.77. The van der Waals surface area contributed by atoms with E-state index in [1.807, 2.05) is 29.8 Å². The Balaban J connectivity index is 0.000000220. The summed E-state index contributed by atoms with van der Waals surface area (Å²) in [6.45, 7) is 7.53. The topological polar surface area (TPSA) is 0 Å². The van der Waals surface area contributed by atoms with E-state index in [0.717, 1.165) is 14.7 Å². The molecule has 0 aliphatic rings. The first-order valence-electron chi connectivity index (χ1n) is 22.1. The van der Waals surface area contributed by atoms with Gasteiger partial charge in [-0.1, -0.05) is 300 Å². The van der Waals surface area contributed by atoms with E-state index < -0.39 is 0 Å². The molecule has 0 fully saturated rings. The lowest BCUT2D eigenvalue weighted by atomic mass is 10.2. The van der Waals surface area contributed by atoms with Crippen LogP contribution in [-0.2, 0) is 18.5 Å². The van der Waals surface area contributed by atoms with Gasteiger partial charge in [-0.3, -0.25) is 0 Å². The summed E-state index contributed by atoms with van der Waals surface area (Å²) in [6, 6.07) is 87.8. The second kappa shape index (κ2) is 29.0. The third kappa shape index (κ3) is 17.4. The quantitative estimate of drug-likeness (QED) is 0.0709. The van der Waals surface area contributed by atoms with Gasteiger partial charge in [0.2, 0.25) is 0 Å². The fourth-order valence-electron chi connectivity index (χ4n) is 7.22. The number of rotatable bonds is 19. The van der Waals surface area contributed by atoms with Gasteiger partial charge in [0.1, 0.15) is 0 Å². The van der Waals surface area contributed by atoms with Crippen LogP contribution in [0.4, 0.5) is 0 Å². The Morgan fingerprint density at radius 3 is 0.953 bits per heavy atom. The molecule has 3 atom stereocenters. The van der Waals surface area contributed by atoms with Crippen molar-refractivity contribution in [3.63, 3.8) is 0 Å². The molecule has 0 aliphatic heterocycles. The molecule has 0 amide bonds. The van der Waals surface area contributed by atoms with Gasteiger partial charge in [-0.05, 0) is 94.3 Å². The highest BCUT2D eigenvalue weighted by atomic mass is 31.1. The number of hydrogen-bond donors (Lipinski definition) is 0. The third-order valence-electron chi connectivity index (χ3n) is 10.6. The van der Waals surface area contributed by atoms with Crippen molar-refractivity contribution < 1.29 is 0 Å². The van der Waals surface area contributed by atoms with Gasteiger partial charge >= 0.3 is 0 Å². The highest BCUT2D eigenvalue weighted by Crippen LogP contribution is 2.47. The van der Waals surface area contributed by atoms with Gasteiger partial charge in [0.25, 0.3) is 0 Å². The third-order valence-corrected chi connectivity index (χ3v) is 22.0. The predicted octanol–water partition coefficient (Wildman–Crippen LogP) is 15.1. The van der Waals surface area contributed by atoms with Crippen molar-refractivity contribution in [3.8, 4) is 0 Å². The van der Waals surface area contributed by atoms with Gasteiger partial charge in [-0.2, -0.15) is 0 Å². The van der Waals surface area contributed by atoms with Crippen LogP contribution in [0.1, 0.15) is 16.7 Å². The molecule has 0 spiro atoms. The Labute approximate surface area is 391 Å². The molecule has 0 nitrogen and oxygen atoms in total. The van der Waals surface area contributed by atoms with Gasteiger partial charge in [0.15, 0.2) is 0 Å². The smallest absolute Gasteiger partial charge is 0.00327 e. The molecule has 0 aliphatic carbocycles. The van der Waals surface area contributed by atoms with Crippen LogP contribution in [0.5, 0.6) is 0 Å². The van der Waals surface area contributed by atoms with Crippen molar-refractivity contribution in [1.29, 1.82) is 0 Å². The molecule has 0 saturated heterocycles. The maximum absolute atomic E-state index is 3.77. The Hall–Kier alpha value is -4.61. The van der Waals surface area contributed by atoms with Crippen LogP contribution in [0, 0.1) is 0 Å². The first-order valence-corrected chi connectivity index (χ1v) is 29.9. The van der Waals surface area contributed by atoms with E-state index >= 15 is 0 Å². The molecule has 8 aromatic carbocycles. The minimum absolute atomic E-state index is 0.218. The van der Waals surface area contributed by atoms with Gasteiger partial charge < -0.3 is 0 Å². The minimum Gasteiger partial charge on any atom is -0.0980 e. The van der Waals surface area contributed by atoms with Crippen molar-refractivity contribution in [2.24, 2.45) is 0 Å². The fourth-order valence-corrected chi connectivity index (χ4v) is 18.3. The summed E-state index contributed by atoms with van der Waals surface area (Å²) < 4.78 is 0. The van der Waals surface area contributed by atoms with E-state index in [1.54, 1.807) is 5.30 Å². The summed E-state index contributed by atoms with van der Waals surface area (Å²) in [5.74, 6) is 3.91. The lowest BCUT2D eigenvalue weighted by Gasteiger charge is -2.26. The highest BCUT2D eigenvalue weighted by Gasteiger charge is 2.20. The van der Waals surface area contributed by atoms with Gasteiger partial charge in [-0.25, -0.2) is 0 Å². The first kappa shape index (κ1) is 48.8. The maximum Gasteiger partial charge on any atom is -0.00327 e. The van der Waals surface area contributed by atoms with Gasteiger partial charge in [0, 0.05) is 0 Å². The van der Waals surface area contributed by atoms with E-state index in [1.165, 1.54) is 74.9 Å². The average molecular weight is 925 g/mol. The van der Waals surface area contributed by atoms with Crippen LogP contribution < -0.4 is 26.5 Å². The molecule has 3 unspecified atom stereocenters. The molecular weight excluding hydrogens is 864 g/mol. The summed E-state index contributed by atoms with van der Waals surface area (Å²) in [6.07, 6.45) is 8.68. The molecule has 0 N–H and O–H groups in total. The lowest BCUT2D eigenvalue weighted by Crippen LogP contribution is -2.14. The zero-order chi connectivity index (χ0) is 44.3. The Morgan fingerprint density at radius 1 is 0.312 bits per heavy atom. The Morgan fingerprint density at radius 2 is 0.594 bits per heavy atom. The second-order valence-corrected chi connectivity index (χ2v) is 25.7. The molecule has 322 valence electrons. The first-order chi connectivity index (χ1) is 31.7. The average Bonchev–Trinajstić information content (AvgIpc) is 3.38. The van der Waals surface area contributed by atoms with E-state index in [2.05, 4.69) is 238 Å². The van der Waals surface area contributed by atoms with E-state index in [-0.39, 0.29) is 31.7 Å². The summed E-state index contributed by atoms with van der Waals surface area (Å²) in [7, 11) is -0.146. The van der Waals surface area contributed by atoms with E-state index in [0.29, 0.717) is 0 Å². The normalized spacial score (nSPS) is 12.2. The van der Waals surface area contributed by atoms with Crippen LogP contribution in [0.15, 0.2) is 267 Å². The number of benzene rings is 8. The molecule has 0 radical (unpaired) electrons. The van der Waals surface area contributed by atoms with Crippen molar-refractivity contribution in [2.75, 3.05) is 24.6 Å². The molecular formula is C59H61P5. The van der Waals surface area contributed by atoms with Gasteiger partial charge in [0.05, 0.1) is 0 Å². The summed E-state index contributed by atoms with van der Waals surface area (Å²) >= 11 is 0. The lowest BCUT2D eigenvalue weighted by molar-refractivity contribution is 1.34. The Bertz CT molecular complexity index is 2280. The summed E-state index contributed by atoms with van der Waals surface area (Å²) in [5.41, 5.74) is 4.36. The summed E-state index contributed by atoms with van der Waals surface area (Å²) in [5, 5.41) is 7.40. The van der Waals surface area contributed by atoms with Gasteiger partial charge in [-0.15, -0.1) is 0 Å². The van der Waals surface area contributed by atoms with Crippen molar-refractivity contribution in [3.05, 3.63) is 284 Å². The molecule has 0 aromatic heterocycles. The Kier molecular flexibility index (Phi) is 22.2. The molecule has 0 saturated carbocycles. The van der Waals surface area contributed by atoms with Crippen LogP contribution in [0.25, 0.3) is 0 Å². The minimum atomic E-state index is -0.324. The highest BCUT2D eigenvalue weighted by molar-refractivity contribution is 7.71. The van der Waals surface area contributed by atoms with E-state index in [4.69, 9.17) is 0 Å². The van der Waals surface area contributed by atoms with Crippen molar-refractivity contribution in [1.82, 2.24) is 0 Å². The van der Waals surface area contributed by atoms with Crippen molar-refractivity contribution >= 4 is 66.8 Å². The van der Waals surface area contributed by atoms with Crippen LogP contribution in [0.2, 0.25) is 0 Å². The monoisotopic (exact) mass is 924 g/mol. The predicted molar refractivity (Wildman–Crippen MR) is 297 cm³/mol. The van der Waals surface area contributed by atoms with Crippen LogP contribution >= 0.6 is 40.3 Å².